The zero-order valence-corrected chi connectivity index (χ0v) is 8.02. The van der Waals surface area contributed by atoms with Crippen molar-refractivity contribution in [2.75, 3.05) is 0 Å². The Balaban J connectivity index is 2.71. The summed E-state index contributed by atoms with van der Waals surface area (Å²) in [5, 5.41) is 4.23. The normalized spacial score (nSPS) is 11.4. The Morgan fingerprint density at radius 2 is 2.08 bits per heavy atom. The van der Waals surface area contributed by atoms with E-state index < -0.39 is 0 Å². The summed E-state index contributed by atoms with van der Waals surface area (Å²) >= 11 is 0. The Hall–Kier alpha value is -1.45. The molecule has 0 saturated heterocycles. The van der Waals surface area contributed by atoms with Crippen LogP contribution in [0.5, 0.6) is 0 Å². The summed E-state index contributed by atoms with van der Waals surface area (Å²) in [4.78, 5) is 8.63. The van der Waals surface area contributed by atoms with Gasteiger partial charge in [0.25, 0.3) is 0 Å². The summed E-state index contributed by atoms with van der Waals surface area (Å²) in [5.74, 6) is 0. The van der Waals surface area contributed by atoms with Crippen molar-refractivity contribution in [3.63, 3.8) is 0 Å². The van der Waals surface area contributed by atoms with Crippen LogP contribution in [0.2, 0.25) is 0 Å². The Kier molecular flexibility index (Phi) is 1.76. The number of rotatable bonds is 1. The maximum atomic E-state index is 4.39. The molecule has 0 aromatic carbocycles. The molecule has 0 radical (unpaired) electrons. The van der Waals surface area contributed by atoms with Gasteiger partial charge in [0, 0.05) is 12.2 Å². The molecule has 68 valence electrons. The third-order valence-corrected chi connectivity index (χ3v) is 1.91. The van der Waals surface area contributed by atoms with Gasteiger partial charge in [0.2, 0.25) is 0 Å². The lowest BCUT2D eigenvalue weighted by Gasteiger charge is -2.05. The summed E-state index contributed by atoms with van der Waals surface area (Å²) in [7, 11) is 0. The molecule has 4 heteroatoms. The van der Waals surface area contributed by atoms with Crippen molar-refractivity contribution in [2.45, 2.75) is 26.8 Å². The molecule has 0 aliphatic heterocycles. The van der Waals surface area contributed by atoms with E-state index in [1.807, 2.05) is 11.6 Å². The fourth-order valence-corrected chi connectivity index (χ4v) is 1.28. The van der Waals surface area contributed by atoms with Crippen molar-refractivity contribution in [3.8, 4) is 0 Å². The first kappa shape index (κ1) is 8.16. The Bertz CT molecular complexity index is 430. The SMILES string of the molecule is Cc1cnc2cnn(C(C)C)c2n1. The van der Waals surface area contributed by atoms with Crippen molar-refractivity contribution < 1.29 is 0 Å². The van der Waals surface area contributed by atoms with Crippen LogP contribution in [0.3, 0.4) is 0 Å². The van der Waals surface area contributed by atoms with Gasteiger partial charge in [0.1, 0.15) is 5.52 Å². The fraction of sp³-hybridized carbons (Fsp3) is 0.444. The molecular formula is C9H12N4. The highest BCUT2D eigenvalue weighted by Crippen LogP contribution is 2.13. The Morgan fingerprint density at radius 3 is 2.77 bits per heavy atom. The van der Waals surface area contributed by atoms with Gasteiger partial charge in [-0.15, -0.1) is 0 Å². The van der Waals surface area contributed by atoms with Gasteiger partial charge < -0.3 is 0 Å². The van der Waals surface area contributed by atoms with Gasteiger partial charge >= 0.3 is 0 Å². The van der Waals surface area contributed by atoms with Crippen molar-refractivity contribution in [2.24, 2.45) is 0 Å². The van der Waals surface area contributed by atoms with E-state index >= 15 is 0 Å². The van der Waals surface area contributed by atoms with Crippen LogP contribution in [-0.4, -0.2) is 19.7 Å². The van der Waals surface area contributed by atoms with Gasteiger partial charge in [-0.05, 0) is 20.8 Å². The Labute approximate surface area is 76.6 Å². The van der Waals surface area contributed by atoms with E-state index in [2.05, 4.69) is 28.9 Å². The molecule has 0 aliphatic carbocycles. The van der Waals surface area contributed by atoms with Gasteiger partial charge in [-0.1, -0.05) is 0 Å². The minimum atomic E-state index is 0.327. The molecule has 0 atom stereocenters. The highest BCUT2D eigenvalue weighted by molar-refractivity contribution is 5.69. The average molecular weight is 176 g/mol. The second-order valence-electron chi connectivity index (χ2n) is 3.40. The van der Waals surface area contributed by atoms with E-state index in [0.29, 0.717) is 6.04 Å². The van der Waals surface area contributed by atoms with Crippen molar-refractivity contribution in [1.29, 1.82) is 0 Å². The van der Waals surface area contributed by atoms with Crippen LogP contribution >= 0.6 is 0 Å². The molecule has 0 spiro atoms. The van der Waals surface area contributed by atoms with Crippen LogP contribution in [0.15, 0.2) is 12.4 Å². The quantitative estimate of drug-likeness (QED) is 0.664. The topological polar surface area (TPSA) is 43.6 Å². The number of hydrogen-bond donors (Lipinski definition) is 0. The van der Waals surface area contributed by atoms with Crippen molar-refractivity contribution in [1.82, 2.24) is 19.7 Å². The third kappa shape index (κ3) is 1.28. The molecule has 0 amide bonds. The van der Waals surface area contributed by atoms with Gasteiger partial charge in [-0.2, -0.15) is 5.10 Å². The first-order chi connectivity index (χ1) is 6.18. The largest absolute Gasteiger partial charge is 0.249 e. The first-order valence-corrected chi connectivity index (χ1v) is 4.35. The van der Waals surface area contributed by atoms with Crippen molar-refractivity contribution >= 4 is 11.2 Å². The van der Waals surface area contributed by atoms with Gasteiger partial charge in [-0.3, -0.25) is 0 Å². The second kappa shape index (κ2) is 2.80. The number of hydrogen-bond acceptors (Lipinski definition) is 3. The number of aromatic nitrogens is 4. The lowest BCUT2D eigenvalue weighted by atomic mass is 10.4. The van der Waals surface area contributed by atoms with Crippen molar-refractivity contribution in [3.05, 3.63) is 18.1 Å². The monoisotopic (exact) mass is 176 g/mol. The van der Waals surface area contributed by atoms with Crippen LogP contribution in [0, 0.1) is 6.92 Å². The molecule has 0 saturated carbocycles. The maximum absolute atomic E-state index is 4.39. The fourth-order valence-electron chi connectivity index (χ4n) is 1.28. The average Bonchev–Trinajstić information content (AvgIpc) is 2.46. The highest BCUT2D eigenvalue weighted by Gasteiger charge is 2.07. The van der Waals surface area contributed by atoms with E-state index in [9.17, 15) is 0 Å². The Morgan fingerprint density at radius 1 is 1.31 bits per heavy atom. The van der Waals surface area contributed by atoms with E-state index in [4.69, 9.17) is 0 Å². The van der Waals surface area contributed by atoms with E-state index in [1.165, 1.54) is 0 Å². The summed E-state index contributed by atoms with van der Waals surface area (Å²) in [6, 6.07) is 0.327. The molecule has 2 heterocycles. The first-order valence-electron chi connectivity index (χ1n) is 4.35. The summed E-state index contributed by atoms with van der Waals surface area (Å²) in [6.07, 6.45) is 3.51. The molecule has 0 fully saturated rings. The zero-order valence-electron chi connectivity index (χ0n) is 8.02. The lowest BCUT2D eigenvalue weighted by Crippen LogP contribution is -2.03. The van der Waals surface area contributed by atoms with Crippen LogP contribution in [0.1, 0.15) is 25.6 Å². The maximum Gasteiger partial charge on any atom is 0.177 e. The molecule has 0 N–H and O–H groups in total. The van der Waals surface area contributed by atoms with Crippen LogP contribution in [-0.2, 0) is 0 Å². The molecule has 0 aliphatic rings. The van der Waals surface area contributed by atoms with Crippen LogP contribution in [0.4, 0.5) is 0 Å². The van der Waals surface area contributed by atoms with Crippen LogP contribution < -0.4 is 0 Å². The zero-order chi connectivity index (χ0) is 9.42. The predicted molar refractivity (Wildman–Crippen MR) is 50.4 cm³/mol. The molecular weight excluding hydrogens is 164 g/mol. The van der Waals surface area contributed by atoms with Gasteiger partial charge in [0.15, 0.2) is 5.65 Å². The standard InChI is InChI=1S/C9H12N4/c1-6(2)13-9-8(5-11-13)10-4-7(3)12-9/h4-6H,1-3H3. The molecule has 2 rings (SSSR count). The number of aryl methyl sites for hydroxylation is 1. The minimum absolute atomic E-state index is 0.327. The third-order valence-electron chi connectivity index (χ3n) is 1.91. The van der Waals surface area contributed by atoms with Crippen LogP contribution in [0.25, 0.3) is 11.2 Å². The van der Waals surface area contributed by atoms with Gasteiger partial charge in [-0.25, -0.2) is 14.6 Å². The summed E-state index contributed by atoms with van der Waals surface area (Å²) in [6.45, 7) is 6.09. The number of fused-ring (bicyclic) bond motifs is 1. The minimum Gasteiger partial charge on any atom is -0.249 e. The summed E-state index contributed by atoms with van der Waals surface area (Å²) in [5.41, 5.74) is 2.66. The van der Waals surface area contributed by atoms with Gasteiger partial charge in [0.05, 0.1) is 11.9 Å². The molecule has 0 unspecified atom stereocenters. The highest BCUT2D eigenvalue weighted by atomic mass is 15.3. The molecule has 4 nitrogen and oxygen atoms in total. The lowest BCUT2D eigenvalue weighted by molar-refractivity contribution is 0.546. The predicted octanol–water partition coefficient (Wildman–Crippen LogP) is 1.72. The number of nitrogens with zero attached hydrogens (tertiary/aromatic N) is 4. The molecule has 2 aromatic rings. The van der Waals surface area contributed by atoms with E-state index in [-0.39, 0.29) is 0 Å². The van der Waals surface area contributed by atoms with E-state index in [1.54, 1.807) is 12.4 Å². The molecule has 0 bridgehead atoms. The molecule has 13 heavy (non-hydrogen) atoms. The molecule has 2 aromatic heterocycles. The smallest absolute Gasteiger partial charge is 0.177 e. The summed E-state index contributed by atoms with van der Waals surface area (Å²) < 4.78 is 1.88. The second-order valence-corrected chi connectivity index (χ2v) is 3.40. The van der Waals surface area contributed by atoms with E-state index in [0.717, 1.165) is 16.9 Å².